The third-order valence-corrected chi connectivity index (χ3v) is 11.1. The first-order chi connectivity index (χ1) is 28.9. The van der Waals surface area contributed by atoms with E-state index >= 15 is 0 Å². The highest BCUT2D eigenvalue weighted by Crippen LogP contribution is 2.26. The molecule has 60 heavy (non-hydrogen) atoms. The highest BCUT2D eigenvalue weighted by Gasteiger charge is 2.48. The summed E-state index contributed by atoms with van der Waals surface area (Å²) < 4.78 is 47.5. The van der Waals surface area contributed by atoms with Gasteiger partial charge in [-0.2, -0.15) is 8.42 Å². The minimum absolute atomic E-state index is 0.225. The second-order valence-corrected chi connectivity index (χ2v) is 17.2. The molecule has 1 aliphatic heterocycles. The molecule has 0 aromatic rings. The molecule has 1 amide bonds. The van der Waals surface area contributed by atoms with Gasteiger partial charge < -0.3 is 40.3 Å². The van der Waals surface area contributed by atoms with Crippen molar-refractivity contribution in [1.82, 2.24) is 5.32 Å². The number of rotatable bonds is 38. The molecule has 0 aromatic carbocycles. The van der Waals surface area contributed by atoms with Crippen molar-refractivity contribution in [2.24, 2.45) is 0 Å². The van der Waals surface area contributed by atoms with Crippen LogP contribution in [0.25, 0.3) is 0 Å². The van der Waals surface area contributed by atoms with E-state index in [2.05, 4.69) is 59.8 Å². The maximum absolute atomic E-state index is 13.1. The highest BCUT2D eigenvalue weighted by atomic mass is 32.3. The van der Waals surface area contributed by atoms with E-state index in [-0.39, 0.29) is 6.42 Å². The summed E-state index contributed by atoms with van der Waals surface area (Å²) in [5.74, 6) is -0.723. The lowest BCUT2D eigenvalue weighted by Crippen LogP contribution is -2.61. The van der Waals surface area contributed by atoms with Crippen LogP contribution in [0.15, 0.2) is 48.6 Å². The van der Waals surface area contributed by atoms with Crippen LogP contribution in [0.5, 0.6) is 0 Å². The van der Waals surface area contributed by atoms with E-state index in [1.54, 1.807) is 6.08 Å². The molecule has 0 radical (unpaired) electrons. The predicted octanol–water partition coefficient (Wildman–Crippen LogP) is 7.85. The van der Waals surface area contributed by atoms with Gasteiger partial charge in [-0.15, -0.1) is 0 Å². The van der Waals surface area contributed by atoms with Crippen LogP contribution in [0.3, 0.4) is 0 Å². The molecule has 14 heteroatoms. The zero-order valence-electron chi connectivity index (χ0n) is 36.9. The maximum atomic E-state index is 13.1. The van der Waals surface area contributed by atoms with Gasteiger partial charge in [0.15, 0.2) is 6.29 Å². The lowest BCUT2D eigenvalue weighted by atomic mass is 9.99. The topological polar surface area (TPSA) is 212 Å². The molecule has 13 nitrogen and oxygen atoms in total. The summed E-state index contributed by atoms with van der Waals surface area (Å²) in [4.78, 5) is 13.1. The summed E-state index contributed by atoms with van der Waals surface area (Å²) in [5, 5.41) is 55.1. The van der Waals surface area contributed by atoms with Crippen molar-refractivity contribution >= 4 is 16.3 Å². The summed E-state index contributed by atoms with van der Waals surface area (Å²) in [7, 11) is -5.12. The second kappa shape index (κ2) is 36.5. The summed E-state index contributed by atoms with van der Waals surface area (Å²) in [6.07, 6.45) is 31.9. The van der Waals surface area contributed by atoms with Gasteiger partial charge in [0, 0.05) is 0 Å². The van der Waals surface area contributed by atoms with Gasteiger partial charge in [0.25, 0.3) is 0 Å². The van der Waals surface area contributed by atoms with Gasteiger partial charge in [-0.05, 0) is 70.6 Å². The Morgan fingerprint density at radius 1 is 0.667 bits per heavy atom. The van der Waals surface area contributed by atoms with Gasteiger partial charge in [0.1, 0.15) is 30.5 Å². The molecule has 1 fully saturated rings. The van der Waals surface area contributed by atoms with Crippen molar-refractivity contribution in [1.29, 1.82) is 0 Å². The van der Waals surface area contributed by atoms with Crippen molar-refractivity contribution < 1.29 is 57.0 Å². The minimum atomic E-state index is -5.12. The SMILES string of the molecule is CCCCCCC/C=C/CC/C=C/CC/C=C/C(O)C(COC1OC(CO)C(O)C(OS(=O)(=O)O)C1O)NC(=O)C(O)CCCCCCCC/C=C\CCCCCCCC. The number of aliphatic hydroxyl groups excluding tert-OH is 5. The molecule has 7 N–H and O–H groups in total. The smallest absolute Gasteiger partial charge is 0.394 e. The van der Waals surface area contributed by atoms with Crippen molar-refractivity contribution in [3.8, 4) is 0 Å². The minimum Gasteiger partial charge on any atom is -0.394 e. The first-order valence-corrected chi connectivity index (χ1v) is 24.5. The number of aliphatic hydroxyl groups is 5. The van der Waals surface area contributed by atoms with Gasteiger partial charge in [0.05, 0.1) is 25.4 Å². The average Bonchev–Trinajstić information content (AvgIpc) is 3.22. The molecule has 1 heterocycles. The monoisotopic (exact) mass is 874 g/mol. The Morgan fingerprint density at radius 2 is 1.12 bits per heavy atom. The molecule has 0 aromatic heterocycles. The Labute approximate surface area is 362 Å². The number of unbranched alkanes of at least 4 members (excludes halogenated alkanes) is 19. The van der Waals surface area contributed by atoms with Crippen molar-refractivity contribution in [3.63, 3.8) is 0 Å². The highest BCUT2D eigenvalue weighted by molar-refractivity contribution is 7.80. The standard InChI is InChI=1S/C46H83NO12S/c1-3-5-7-9-11-13-15-17-19-21-23-25-27-29-31-33-35-40(50)45(53)47-38(37-57-46-43(52)44(59-60(54,55)56)42(51)41(36-48)58-46)39(49)34-32-30-28-26-24-22-20-18-16-14-12-10-8-6-4-2/h16-19,24,26,32,34,38-44,46,48-52H,3-15,20-23,25,27-31,33,35-37H2,1-2H3,(H,47,53)(H,54,55,56)/b18-16+,19-17-,26-24+,34-32+. The number of carbonyl (C=O) groups is 1. The number of amides is 1. The molecular weight excluding hydrogens is 791 g/mol. The normalized spacial score (nSPS) is 21.8. The van der Waals surface area contributed by atoms with Gasteiger partial charge >= 0.3 is 10.4 Å². The van der Waals surface area contributed by atoms with E-state index < -0.39 is 78.5 Å². The Hall–Kier alpha value is -1.98. The Bertz CT molecular complexity index is 1280. The van der Waals surface area contributed by atoms with Crippen LogP contribution in [-0.2, 0) is 28.9 Å². The van der Waals surface area contributed by atoms with E-state index in [0.29, 0.717) is 12.8 Å². The zero-order chi connectivity index (χ0) is 44.3. The van der Waals surface area contributed by atoms with Gasteiger partial charge in [0.2, 0.25) is 5.91 Å². The number of carbonyl (C=O) groups excluding carboxylic acids is 1. The van der Waals surface area contributed by atoms with E-state index in [9.17, 15) is 43.3 Å². The van der Waals surface area contributed by atoms with Gasteiger partial charge in [-0.3, -0.25) is 9.35 Å². The van der Waals surface area contributed by atoms with Crippen LogP contribution in [0.1, 0.15) is 174 Å². The Kier molecular flexibility index (Phi) is 34.1. The van der Waals surface area contributed by atoms with Crippen LogP contribution >= 0.6 is 0 Å². The maximum Gasteiger partial charge on any atom is 0.397 e. The van der Waals surface area contributed by atoms with Crippen molar-refractivity contribution in [3.05, 3.63) is 48.6 Å². The van der Waals surface area contributed by atoms with E-state index in [4.69, 9.17) is 9.47 Å². The lowest BCUT2D eigenvalue weighted by molar-refractivity contribution is -0.298. The fraction of sp³-hybridized carbons (Fsp3) is 0.804. The van der Waals surface area contributed by atoms with Gasteiger partial charge in [-0.1, -0.05) is 152 Å². The largest absolute Gasteiger partial charge is 0.397 e. The molecule has 1 aliphatic rings. The molecule has 8 unspecified atom stereocenters. The van der Waals surface area contributed by atoms with Crippen LogP contribution < -0.4 is 5.32 Å². The second-order valence-electron chi connectivity index (χ2n) is 16.1. The van der Waals surface area contributed by atoms with Crippen LogP contribution in [0.4, 0.5) is 0 Å². The van der Waals surface area contributed by atoms with Crippen LogP contribution in [-0.4, -0.2) is 107 Å². The molecule has 8 atom stereocenters. The molecule has 0 bridgehead atoms. The molecule has 0 aliphatic carbocycles. The number of hydrogen-bond acceptors (Lipinski definition) is 11. The molecule has 1 saturated heterocycles. The Balaban J connectivity index is 2.64. The Morgan fingerprint density at radius 3 is 1.60 bits per heavy atom. The summed E-state index contributed by atoms with van der Waals surface area (Å²) in [6, 6.07) is -1.15. The molecule has 1 rings (SSSR count). The number of nitrogens with one attached hydrogen (secondary N) is 1. The number of allylic oxidation sites excluding steroid dienone is 7. The van der Waals surface area contributed by atoms with E-state index in [1.807, 2.05) is 0 Å². The van der Waals surface area contributed by atoms with E-state index in [0.717, 1.165) is 70.6 Å². The third kappa shape index (κ3) is 28.6. The number of hydrogen-bond donors (Lipinski definition) is 7. The fourth-order valence-corrected chi connectivity index (χ4v) is 7.46. The molecule has 0 saturated carbocycles. The van der Waals surface area contributed by atoms with Crippen LogP contribution in [0.2, 0.25) is 0 Å². The van der Waals surface area contributed by atoms with Crippen molar-refractivity contribution in [2.75, 3.05) is 13.2 Å². The quantitative estimate of drug-likeness (QED) is 0.0180. The summed E-state index contributed by atoms with van der Waals surface area (Å²) in [5.41, 5.74) is 0. The number of ether oxygens (including phenoxy) is 2. The summed E-state index contributed by atoms with van der Waals surface area (Å²) in [6.45, 7) is 3.16. The zero-order valence-corrected chi connectivity index (χ0v) is 37.7. The average molecular weight is 874 g/mol. The molecular formula is C46H83NO12S. The fourth-order valence-electron chi connectivity index (χ4n) is 6.96. The third-order valence-electron chi connectivity index (χ3n) is 10.7. The first kappa shape index (κ1) is 56.0. The summed E-state index contributed by atoms with van der Waals surface area (Å²) >= 11 is 0. The molecule has 0 spiro atoms. The predicted molar refractivity (Wildman–Crippen MR) is 237 cm³/mol. The van der Waals surface area contributed by atoms with E-state index in [1.165, 1.54) is 76.7 Å². The van der Waals surface area contributed by atoms with Gasteiger partial charge in [-0.25, -0.2) is 4.18 Å². The first-order valence-electron chi connectivity index (χ1n) is 23.1. The van der Waals surface area contributed by atoms with Crippen molar-refractivity contribution in [2.45, 2.75) is 223 Å². The molecule has 350 valence electrons. The lowest BCUT2D eigenvalue weighted by Gasteiger charge is -2.41. The van der Waals surface area contributed by atoms with Crippen LogP contribution in [0, 0.1) is 0 Å².